The second-order valence-electron chi connectivity index (χ2n) is 6.56. The maximum Gasteiger partial charge on any atom is 0.269 e. The summed E-state index contributed by atoms with van der Waals surface area (Å²) in [6, 6.07) is 11.5. The largest absolute Gasteiger partial charge is 0.378 e. The van der Waals surface area contributed by atoms with Crippen molar-refractivity contribution in [3.8, 4) is 0 Å². The molecule has 0 saturated heterocycles. The zero-order chi connectivity index (χ0) is 20.4. The van der Waals surface area contributed by atoms with Gasteiger partial charge in [-0.05, 0) is 38.5 Å². The highest BCUT2D eigenvalue weighted by Gasteiger charge is 2.42. The van der Waals surface area contributed by atoms with Crippen LogP contribution in [-0.2, 0) is 16.4 Å². The van der Waals surface area contributed by atoms with Gasteiger partial charge in [-0.3, -0.25) is 10.1 Å². The number of benzene rings is 2. The van der Waals surface area contributed by atoms with Crippen LogP contribution in [0, 0.1) is 17.0 Å². The van der Waals surface area contributed by atoms with E-state index in [1.807, 2.05) is 6.92 Å². The Morgan fingerprint density at radius 3 is 2.11 bits per heavy atom. The van der Waals surface area contributed by atoms with Gasteiger partial charge in [0.1, 0.15) is 12.0 Å². The first kappa shape index (κ1) is 21.0. The van der Waals surface area contributed by atoms with Crippen molar-refractivity contribution in [3.63, 3.8) is 0 Å². The molecule has 0 aromatic heterocycles. The molecule has 2 atom stereocenters. The van der Waals surface area contributed by atoms with E-state index in [4.69, 9.17) is 0 Å². The molecule has 146 valence electrons. The molecule has 0 bridgehead atoms. The van der Waals surface area contributed by atoms with Crippen molar-refractivity contribution in [1.82, 2.24) is 4.31 Å². The average molecular weight is 394 g/mol. The monoisotopic (exact) mass is 394 g/mol. The second-order valence-corrected chi connectivity index (χ2v) is 8.38. The third-order valence-electron chi connectivity index (χ3n) is 4.08. The lowest BCUT2D eigenvalue weighted by molar-refractivity contribution is -0.384. The number of hydrogen-bond acceptors (Lipinski definition) is 6. The molecule has 2 aromatic carbocycles. The fourth-order valence-corrected chi connectivity index (χ4v) is 4.58. The highest BCUT2D eigenvalue weighted by molar-refractivity contribution is 7.89. The van der Waals surface area contributed by atoms with Gasteiger partial charge in [0, 0.05) is 18.6 Å². The molecule has 0 aliphatic heterocycles. The summed E-state index contributed by atoms with van der Waals surface area (Å²) < 4.78 is 26.6. The lowest BCUT2D eigenvalue weighted by Crippen LogP contribution is -2.55. The smallest absolute Gasteiger partial charge is 0.269 e. The Bertz CT molecular complexity index is 906. The van der Waals surface area contributed by atoms with E-state index in [9.17, 15) is 28.7 Å². The van der Waals surface area contributed by atoms with Crippen LogP contribution in [0.3, 0.4) is 0 Å². The Hall–Kier alpha value is -2.33. The van der Waals surface area contributed by atoms with E-state index < -0.39 is 26.9 Å². The molecule has 0 amide bonds. The minimum Gasteiger partial charge on any atom is -0.378 e. The molecule has 8 nitrogen and oxygen atoms in total. The van der Waals surface area contributed by atoms with E-state index in [1.54, 1.807) is 12.1 Å². The third kappa shape index (κ3) is 4.69. The molecule has 2 aromatic rings. The predicted octanol–water partition coefficient (Wildman–Crippen LogP) is 2.18. The molecular weight excluding hydrogens is 372 g/mol. The third-order valence-corrected chi connectivity index (χ3v) is 6.16. The number of sulfonamides is 1. The number of aryl methyl sites for hydroxylation is 1. The normalized spacial score (nSPS) is 15.3. The summed E-state index contributed by atoms with van der Waals surface area (Å²) in [6.07, 6.45) is -1.66. The molecule has 0 saturated carbocycles. The van der Waals surface area contributed by atoms with Gasteiger partial charge in [0.15, 0.2) is 0 Å². The molecule has 9 heteroatoms. The van der Waals surface area contributed by atoms with Crippen molar-refractivity contribution < 1.29 is 23.6 Å². The Morgan fingerprint density at radius 1 is 1.15 bits per heavy atom. The number of nitro groups is 1. The molecule has 2 N–H and O–H groups in total. The van der Waals surface area contributed by atoms with Crippen LogP contribution in [-0.4, -0.2) is 39.8 Å². The molecular formula is C18H22N2O6S. The summed E-state index contributed by atoms with van der Waals surface area (Å²) in [6.45, 7) is 4.33. The molecule has 0 aliphatic rings. The minimum absolute atomic E-state index is 0.0574. The molecule has 27 heavy (non-hydrogen) atoms. The molecule has 2 unspecified atom stereocenters. The quantitative estimate of drug-likeness (QED) is 0.422. The molecule has 2 rings (SSSR count). The van der Waals surface area contributed by atoms with Crippen LogP contribution < -0.4 is 0 Å². The number of non-ortho nitro benzene ring substituents is 1. The Kier molecular flexibility index (Phi) is 6.01. The first-order chi connectivity index (χ1) is 12.4. The zero-order valence-electron chi connectivity index (χ0n) is 15.2. The van der Waals surface area contributed by atoms with Gasteiger partial charge in [0.25, 0.3) is 5.69 Å². The summed E-state index contributed by atoms with van der Waals surface area (Å²) in [4.78, 5) is 10.1. The van der Waals surface area contributed by atoms with E-state index >= 15 is 0 Å². The summed E-state index contributed by atoms with van der Waals surface area (Å²) in [5.74, 6) is 0. The van der Waals surface area contributed by atoms with Crippen LogP contribution in [0.5, 0.6) is 0 Å². The molecule has 0 fully saturated rings. The van der Waals surface area contributed by atoms with Gasteiger partial charge < -0.3 is 10.2 Å². The van der Waals surface area contributed by atoms with Crippen molar-refractivity contribution in [2.45, 2.75) is 44.0 Å². The van der Waals surface area contributed by atoms with Crippen LogP contribution in [0.2, 0.25) is 0 Å². The van der Waals surface area contributed by atoms with Gasteiger partial charge in [-0.15, -0.1) is 4.31 Å². The maximum atomic E-state index is 13.0. The van der Waals surface area contributed by atoms with E-state index in [2.05, 4.69) is 0 Å². The highest BCUT2D eigenvalue weighted by Crippen LogP contribution is 2.28. The van der Waals surface area contributed by atoms with Gasteiger partial charge in [-0.1, -0.05) is 29.8 Å². The summed E-state index contributed by atoms with van der Waals surface area (Å²) >= 11 is 0. The van der Waals surface area contributed by atoms with Crippen molar-refractivity contribution in [2.24, 2.45) is 0 Å². The van der Waals surface area contributed by atoms with Crippen LogP contribution in [0.4, 0.5) is 5.69 Å². The number of aliphatic hydroxyl groups is 2. The average Bonchev–Trinajstić information content (AvgIpc) is 2.54. The number of rotatable bonds is 7. The van der Waals surface area contributed by atoms with Gasteiger partial charge >= 0.3 is 0 Å². The van der Waals surface area contributed by atoms with Gasteiger partial charge in [-0.2, -0.15) is 0 Å². The first-order valence-electron chi connectivity index (χ1n) is 8.20. The Morgan fingerprint density at radius 2 is 1.67 bits per heavy atom. The van der Waals surface area contributed by atoms with E-state index in [0.717, 1.165) is 5.56 Å². The highest BCUT2D eigenvalue weighted by atomic mass is 32.2. The fourth-order valence-electron chi connectivity index (χ4n) is 2.89. The minimum atomic E-state index is -4.19. The maximum absolute atomic E-state index is 13.0. The number of hydrogen-bond donors (Lipinski definition) is 2. The standard InChI is InChI=1S/C18H22N2O6S/c1-13-4-10-17(11-5-13)27(25,26)19(14(2)21)18(3,22)12-15-6-8-16(9-7-15)20(23)24/h4-11,14,21-22H,12H2,1-3H3. The predicted molar refractivity (Wildman–Crippen MR) is 99.3 cm³/mol. The van der Waals surface area contributed by atoms with Crippen LogP contribution >= 0.6 is 0 Å². The van der Waals surface area contributed by atoms with Crippen molar-refractivity contribution in [1.29, 1.82) is 0 Å². The van der Waals surface area contributed by atoms with Crippen molar-refractivity contribution >= 4 is 15.7 Å². The number of nitrogens with zero attached hydrogens (tertiary/aromatic N) is 2. The van der Waals surface area contributed by atoms with Crippen LogP contribution in [0.1, 0.15) is 25.0 Å². The molecule has 0 radical (unpaired) electrons. The SMILES string of the molecule is Cc1ccc(S(=O)(=O)N(C(C)O)C(C)(O)Cc2ccc([N+](=O)[O-])cc2)cc1. The van der Waals surface area contributed by atoms with Gasteiger partial charge in [0.2, 0.25) is 10.0 Å². The Balaban J connectivity index is 2.38. The zero-order valence-corrected chi connectivity index (χ0v) is 16.0. The van der Waals surface area contributed by atoms with Crippen LogP contribution in [0.25, 0.3) is 0 Å². The topological polar surface area (TPSA) is 121 Å². The second kappa shape index (κ2) is 7.73. The summed E-state index contributed by atoms with van der Waals surface area (Å²) in [5, 5.41) is 31.7. The summed E-state index contributed by atoms with van der Waals surface area (Å²) in [7, 11) is -4.19. The van der Waals surface area contributed by atoms with Crippen LogP contribution in [0.15, 0.2) is 53.4 Å². The van der Waals surface area contributed by atoms with Gasteiger partial charge in [0.05, 0.1) is 9.82 Å². The van der Waals surface area contributed by atoms with Crippen molar-refractivity contribution in [2.75, 3.05) is 0 Å². The van der Waals surface area contributed by atoms with Crippen molar-refractivity contribution in [3.05, 3.63) is 69.8 Å². The molecule has 0 aliphatic carbocycles. The first-order valence-corrected chi connectivity index (χ1v) is 9.64. The molecule has 0 spiro atoms. The Labute approximate surface area is 157 Å². The van der Waals surface area contributed by atoms with E-state index in [1.165, 1.54) is 50.2 Å². The number of nitro benzene ring substituents is 1. The lowest BCUT2D eigenvalue weighted by atomic mass is 10.0. The summed E-state index contributed by atoms with van der Waals surface area (Å²) in [5.41, 5.74) is -0.725. The van der Waals surface area contributed by atoms with Gasteiger partial charge in [-0.25, -0.2) is 8.42 Å². The molecule has 0 heterocycles. The lowest BCUT2D eigenvalue weighted by Gasteiger charge is -2.37. The van der Waals surface area contributed by atoms with E-state index in [-0.39, 0.29) is 17.0 Å². The van der Waals surface area contributed by atoms with E-state index in [0.29, 0.717) is 9.87 Å². The fraction of sp³-hybridized carbons (Fsp3) is 0.333. The number of aliphatic hydroxyl groups excluding tert-OH is 1.